The zero-order valence-corrected chi connectivity index (χ0v) is 11.7. The normalized spacial score (nSPS) is 23.0. The number of hydrogen-bond donors (Lipinski definition) is 2. The molecule has 7 heteroatoms. The van der Waals surface area contributed by atoms with Crippen molar-refractivity contribution in [2.24, 2.45) is 0 Å². The van der Waals surface area contributed by atoms with Crippen LogP contribution in [0.5, 0.6) is 0 Å². The topological polar surface area (TPSA) is 89.2 Å². The number of nitrogens with one attached hydrogen (secondary N) is 1. The van der Waals surface area contributed by atoms with Gasteiger partial charge in [0, 0.05) is 26.2 Å². The van der Waals surface area contributed by atoms with E-state index in [0.29, 0.717) is 11.9 Å². The molecule has 0 saturated carbocycles. The third kappa shape index (κ3) is 3.27. The maximum absolute atomic E-state index is 5.79. The lowest BCUT2D eigenvalue weighted by Gasteiger charge is -2.26. The van der Waals surface area contributed by atoms with Gasteiger partial charge in [-0.15, -0.1) is 0 Å². The summed E-state index contributed by atoms with van der Waals surface area (Å²) in [6, 6.07) is 0. The Morgan fingerprint density at radius 3 is 2.75 bits per heavy atom. The molecular weight excluding hydrogens is 256 g/mol. The van der Waals surface area contributed by atoms with Gasteiger partial charge in [-0.3, -0.25) is 0 Å². The zero-order chi connectivity index (χ0) is 13.8. The fourth-order valence-corrected chi connectivity index (χ4v) is 2.71. The summed E-state index contributed by atoms with van der Waals surface area (Å²) in [6.07, 6.45) is 6.12. The molecule has 7 nitrogen and oxygen atoms in total. The molecule has 2 fully saturated rings. The summed E-state index contributed by atoms with van der Waals surface area (Å²) < 4.78 is 5.58. The molecule has 3 N–H and O–H groups in total. The highest BCUT2D eigenvalue weighted by Gasteiger charge is 2.18. The van der Waals surface area contributed by atoms with Crippen LogP contribution in [0, 0.1) is 0 Å². The fourth-order valence-electron chi connectivity index (χ4n) is 2.71. The second-order valence-electron chi connectivity index (χ2n) is 5.38. The van der Waals surface area contributed by atoms with Gasteiger partial charge in [-0.1, -0.05) is 0 Å². The van der Waals surface area contributed by atoms with Gasteiger partial charge in [-0.25, -0.2) is 0 Å². The summed E-state index contributed by atoms with van der Waals surface area (Å²) in [6.45, 7) is 3.57. The van der Waals surface area contributed by atoms with Gasteiger partial charge in [0.15, 0.2) is 0 Å². The van der Waals surface area contributed by atoms with Gasteiger partial charge in [-0.2, -0.15) is 15.0 Å². The van der Waals surface area contributed by atoms with Crippen LogP contribution >= 0.6 is 0 Å². The average molecular weight is 278 g/mol. The van der Waals surface area contributed by atoms with E-state index in [1.807, 2.05) is 0 Å². The summed E-state index contributed by atoms with van der Waals surface area (Å²) in [5.74, 6) is 1.51. The maximum Gasteiger partial charge on any atom is 0.231 e. The molecule has 0 bridgehead atoms. The van der Waals surface area contributed by atoms with Gasteiger partial charge >= 0.3 is 0 Å². The van der Waals surface area contributed by atoms with Crippen LogP contribution in [0.1, 0.15) is 32.1 Å². The number of ether oxygens (including phenoxy) is 1. The Morgan fingerprint density at radius 1 is 1.15 bits per heavy atom. The number of anilines is 3. The van der Waals surface area contributed by atoms with Crippen LogP contribution in [-0.4, -0.2) is 47.3 Å². The molecule has 3 rings (SSSR count). The largest absolute Gasteiger partial charge is 0.376 e. The van der Waals surface area contributed by atoms with Gasteiger partial charge in [0.2, 0.25) is 17.8 Å². The smallest absolute Gasteiger partial charge is 0.231 e. The number of nitrogens with zero attached hydrogens (tertiary/aromatic N) is 4. The molecule has 2 aliphatic rings. The molecule has 0 amide bonds. The second kappa shape index (κ2) is 6.21. The number of hydrogen-bond acceptors (Lipinski definition) is 7. The van der Waals surface area contributed by atoms with Gasteiger partial charge in [-0.05, 0) is 32.1 Å². The first kappa shape index (κ1) is 13.4. The molecule has 2 aliphatic heterocycles. The summed E-state index contributed by atoms with van der Waals surface area (Å²) in [5.41, 5.74) is 5.79. The molecular formula is C13H22N6O. The van der Waals surface area contributed by atoms with Crippen molar-refractivity contribution in [1.82, 2.24) is 15.0 Å². The van der Waals surface area contributed by atoms with Gasteiger partial charge in [0.1, 0.15) is 0 Å². The van der Waals surface area contributed by atoms with Crippen molar-refractivity contribution in [3.8, 4) is 0 Å². The first-order valence-corrected chi connectivity index (χ1v) is 7.43. The SMILES string of the molecule is Nc1nc(NCC2CCCO2)nc(N2CCCCC2)n1. The molecule has 0 radical (unpaired) electrons. The lowest BCUT2D eigenvalue weighted by molar-refractivity contribution is 0.120. The van der Waals surface area contributed by atoms with Crippen LogP contribution in [-0.2, 0) is 4.74 Å². The quantitative estimate of drug-likeness (QED) is 0.850. The minimum absolute atomic E-state index is 0.256. The predicted molar refractivity (Wildman–Crippen MR) is 77.8 cm³/mol. The van der Waals surface area contributed by atoms with Crippen molar-refractivity contribution in [3.05, 3.63) is 0 Å². The van der Waals surface area contributed by atoms with Gasteiger partial charge in [0.05, 0.1) is 6.10 Å². The molecule has 1 aromatic heterocycles. The Hall–Kier alpha value is -1.63. The molecule has 0 aliphatic carbocycles. The van der Waals surface area contributed by atoms with Gasteiger partial charge in [0.25, 0.3) is 0 Å². The van der Waals surface area contributed by atoms with E-state index in [1.54, 1.807) is 0 Å². The molecule has 0 spiro atoms. The Balaban J connectivity index is 1.65. The highest BCUT2D eigenvalue weighted by Crippen LogP contribution is 2.18. The lowest BCUT2D eigenvalue weighted by Crippen LogP contribution is -2.31. The minimum Gasteiger partial charge on any atom is -0.376 e. The van der Waals surface area contributed by atoms with Crippen molar-refractivity contribution in [2.75, 3.05) is 42.2 Å². The number of nitrogen functional groups attached to an aromatic ring is 1. The van der Waals surface area contributed by atoms with E-state index in [-0.39, 0.29) is 12.1 Å². The van der Waals surface area contributed by atoms with Gasteiger partial charge < -0.3 is 20.7 Å². The Morgan fingerprint density at radius 2 is 2.00 bits per heavy atom. The predicted octanol–water partition coefficient (Wildman–Crippen LogP) is 1.03. The maximum atomic E-state index is 5.79. The standard InChI is InChI=1S/C13H22N6O/c14-11-16-12(15-9-10-5-4-8-20-10)18-13(17-11)19-6-2-1-3-7-19/h10H,1-9H2,(H3,14,15,16,17,18). The van der Waals surface area contributed by atoms with Crippen LogP contribution in [0.3, 0.4) is 0 Å². The first-order chi connectivity index (χ1) is 9.81. The van der Waals surface area contributed by atoms with Crippen LogP contribution in [0.2, 0.25) is 0 Å². The minimum atomic E-state index is 0.256. The zero-order valence-electron chi connectivity index (χ0n) is 11.7. The van der Waals surface area contributed by atoms with E-state index in [2.05, 4.69) is 25.2 Å². The fraction of sp³-hybridized carbons (Fsp3) is 0.769. The Labute approximate surface area is 118 Å². The molecule has 1 aromatic rings. The van der Waals surface area contributed by atoms with Crippen LogP contribution in [0.15, 0.2) is 0 Å². The number of piperidine rings is 1. The van der Waals surface area contributed by atoms with E-state index in [0.717, 1.165) is 39.1 Å². The lowest BCUT2D eigenvalue weighted by atomic mass is 10.1. The molecule has 2 saturated heterocycles. The van der Waals surface area contributed by atoms with Crippen molar-refractivity contribution in [1.29, 1.82) is 0 Å². The molecule has 0 aromatic carbocycles. The molecule has 1 atom stereocenters. The number of aromatic nitrogens is 3. The van der Waals surface area contributed by atoms with Crippen molar-refractivity contribution < 1.29 is 4.74 Å². The summed E-state index contributed by atoms with van der Waals surface area (Å²) in [5, 5.41) is 3.21. The Bertz CT molecular complexity index is 442. The summed E-state index contributed by atoms with van der Waals surface area (Å²) in [4.78, 5) is 15.1. The summed E-state index contributed by atoms with van der Waals surface area (Å²) in [7, 11) is 0. The van der Waals surface area contributed by atoms with E-state index >= 15 is 0 Å². The van der Waals surface area contributed by atoms with E-state index in [1.165, 1.54) is 19.3 Å². The highest BCUT2D eigenvalue weighted by atomic mass is 16.5. The van der Waals surface area contributed by atoms with E-state index < -0.39 is 0 Å². The van der Waals surface area contributed by atoms with Crippen LogP contribution in [0.4, 0.5) is 17.8 Å². The van der Waals surface area contributed by atoms with E-state index in [9.17, 15) is 0 Å². The second-order valence-corrected chi connectivity index (χ2v) is 5.38. The van der Waals surface area contributed by atoms with Crippen molar-refractivity contribution in [2.45, 2.75) is 38.2 Å². The highest BCUT2D eigenvalue weighted by molar-refractivity contribution is 5.42. The summed E-state index contributed by atoms with van der Waals surface area (Å²) >= 11 is 0. The third-order valence-electron chi connectivity index (χ3n) is 3.79. The van der Waals surface area contributed by atoms with Crippen LogP contribution < -0.4 is 16.0 Å². The van der Waals surface area contributed by atoms with E-state index in [4.69, 9.17) is 10.5 Å². The Kier molecular flexibility index (Phi) is 4.15. The third-order valence-corrected chi connectivity index (χ3v) is 3.79. The monoisotopic (exact) mass is 278 g/mol. The molecule has 110 valence electrons. The molecule has 20 heavy (non-hydrogen) atoms. The van der Waals surface area contributed by atoms with Crippen molar-refractivity contribution in [3.63, 3.8) is 0 Å². The van der Waals surface area contributed by atoms with Crippen molar-refractivity contribution >= 4 is 17.8 Å². The number of nitrogens with two attached hydrogens (primary N) is 1. The average Bonchev–Trinajstić information content (AvgIpc) is 2.99. The molecule has 1 unspecified atom stereocenters. The molecule has 3 heterocycles. The number of rotatable bonds is 4. The van der Waals surface area contributed by atoms with Crippen LogP contribution in [0.25, 0.3) is 0 Å². The first-order valence-electron chi connectivity index (χ1n) is 7.43.